The maximum absolute atomic E-state index is 6.39. The molecule has 1 saturated carbocycles. The van der Waals surface area contributed by atoms with Crippen molar-refractivity contribution in [1.29, 1.82) is 0 Å². The summed E-state index contributed by atoms with van der Waals surface area (Å²) >= 11 is 9.87. The second-order valence-electron chi connectivity index (χ2n) is 6.06. The van der Waals surface area contributed by atoms with Crippen LogP contribution in [-0.2, 0) is 6.42 Å². The van der Waals surface area contributed by atoms with Gasteiger partial charge in [0, 0.05) is 15.5 Å². The summed E-state index contributed by atoms with van der Waals surface area (Å²) in [4.78, 5) is 0. The molecule has 112 valence electrons. The monoisotopic (exact) mass is 357 g/mol. The van der Waals surface area contributed by atoms with E-state index in [1.165, 1.54) is 37.7 Å². The molecule has 1 aromatic rings. The Morgan fingerprint density at radius 2 is 2.15 bits per heavy atom. The van der Waals surface area contributed by atoms with Crippen LogP contribution < -0.4 is 5.32 Å². The summed E-state index contributed by atoms with van der Waals surface area (Å²) in [5.74, 6) is 1.62. The number of benzene rings is 1. The van der Waals surface area contributed by atoms with Crippen LogP contribution in [0, 0.1) is 11.8 Å². The first kappa shape index (κ1) is 16.3. The van der Waals surface area contributed by atoms with Gasteiger partial charge in [-0.3, -0.25) is 0 Å². The van der Waals surface area contributed by atoms with Gasteiger partial charge in [-0.2, -0.15) is 0 Å². The Bertz CT molecular complexity index is 435. The van der Waals surface area contributed by atoms with Crippen molar-refractivity contribution in [3.63, 3.8) is 0 Å². The molecule has 0 aromatic heterocycles. The highest BCUT2D eigenvalue weighted by molar-refractivity contribution is 9.10. The molecular weight excluding hydrogens is 334 g/mol. The lowest BCUT2D eigenvalue weighted by molar-refractivity contribution is 0.200. The van der Waals surface area contributed by atoms with Gasteiger partial charge in [0.25, 0.3) is 0 Å². The number of rotatable bonds is 5. The fourth-order valence-corrected chi connectivity index (χ4v) is 4.36. The minimum absolute atomic E-state index is 0.641. The van der Waals surface area contributed by atoms with Gasteiger partial charge in [-0.25, -0.2) is 0 Å². The zero-order valence-corrected chi connectivity index (χ0v) is 14.8. The fraction of sp³-hybridized carbons (Fsp3) is 0.647. The average Bonchev–Trinajstić information content (AvgIpc) is 2.43. The van der Waals surface area contributed by atoms with Gasteiger partial charge in [0.1, 0.15) is 0 Å². The average molecular weight is 359 g/mol. The molecule has 1 aliphatic carbocycles. The molecule has 20 heavy (non-hydrogen) atoms. The third-order valence-electron chi connectivity index (χ3n) is 4.66. The van der Waals surface area contributed by atoms with Crippen LogP contribution in [0.3, 0.4) is 0 Å². The van der Waals surface area contributed by atoms with Crippen LogP contribution in [0.5, 0.6) is 0 Å². The summed E-state index contributed by atoms with van der Waals surface area (Å²) in [5, 5.41) is 4.41. The molecule has 0 spiro atoms. The summed E-state index contributed by atoms with van der Waals surface area (Å²) in [6.45, 7) is 2.30. The molecule has 3 unspecified atom stereocenters. The van der Waals surface area contributed by atoms with Crippen LogP contribution in [-0.4, -0.2) is 13.1 Å². The van der Waals surface area contributed by atoms with E-state index >= 15 is 0 Å². The Labute approximate surface area is 136 Å². The lowest BCUT2D eigenvalue weighted by Crippen LogP contribution is -2.39. The molecule has 0 radical (unpaired) electrons. The summed E-state index contributed by atoms with van der Waals surface area (Å²) in [6, 6.07) is 6.92. The van der Waals surface area contributed by atoms with E-state index in [-0.39, 0.29) is 0 Å². The Hall–Kier alpha value is -0.0500. The predicted molar refractivity (Wildman–Crippen MR) is 91.4 cm³/mol. The number of hydrogen-bond donors (Lipinski definition) is 1. The van der Waals surface area contributed by atoms with Crippen molar-refractivity contribution in [2.24, 2.45) is 11.8 Å². The van der Waals surface area contributed by atoms with Crippen molar-refractivity contribution in [2.75, 3.05) is 7.05 Å². The zero-order valence-electron chi connectivity index (χ0n) is 12.5. The quantitative estimate of drug-likeness (QED) is 0.738. The number of halogens is 2. The van der Waals surface area contributed by atoms with Gasteiger partial charge in [-0.05, 0) is 62.3 Å². The van der Waals surface area contributed by atoms with Crippen LogP contribution in [0.4, 0.5) is 0 Å². The Balaban J connectivity index is 2.07. The first-order chi connectivity index (χ1) is 9.63. The minimum atomic E-state index is 0.641. The van der Waals surface area contributed by atoms with Gasteiger partial charge >= 0.3 is 0 Å². The molecule has 1 aliphatic rings. The zero-order chi connectivity index (χ0) is 14.5. The van der Waals surface area contributed by atoms with Gasteiger partial charge in [0.2, 0.25) is 0 Å². The molecule has 0 aliphatic heterocycles. The van der Waals surface area contributed by atoms with Crippen molar-refractivity contribution in [3.8, 4) is 0 Å². The molecule has 1 aromatic carbocycles. The number of nitrogens with one attached hydrogen (secondary N) is 1. The smallest absolute Gasteiger partial charge is 0.0449 e. The van der Waals surface area contributed by atoms with Crippen molar-refractivity contribution in [1.82, 2.24) is 5.32 Å². The first-order valence-electron chi connectivity index (χ1n) is 7.75. The standard InChI is InChI=1S/C17H25BrClN/c1-3-4-12-5-8-17(20-2)14(9-12)10-13-6-7-15(18)11-16(13)19/h6-7,11-12,14,17,20H,3-5,8-10H2,1-2H3. The molecule has 0 heterocycles. The maximum Gasteiger partial charge on any atom is 0.0449 e. The van der Waals surface area contributed by atoms with E-state index in [9.17, 15) is 0 Å². The summed E-state index contributed by atoms with van der Waals surface area (Å²) in [6.07, 6.45) is 7.80. The van der Waals surface area contributed by atoms with E-state index in [1.807, 2.05) is 6.07 Å². The summed E-state index contributed by atoms with van der Waals surface area (Å²) < 4.78 is 1.06. The molecule has 0 amide bonds. The van der Waals surface area contributed by atoms with E-state index in [0.29, 0.717) is 12.0 Å². The molecule has 1 nitrogen and oxygen atoms in total. The Morgan fingerprint density at radius 3 is 2.80 bits per heavy atom. The fourth-order valence-electron chi connectivity index (χ4n) is 3.61. The Morgan fingerprint density at radius 1 is 1.35 bits per heavy atom. The highest BCUT2D eigenvalue weighted by atomic mass is 79.9. The van der Waals surface area contributed by atoms with Crippen molar-refractivity contribution >= 4 is 27.5 Å². The predicted octanol–water partition coefficient (Wildman–Crippen LogP) is 5.45. The largest absolute Gasteiger partial charge is 0.317 e. The first-order valence-corrected chi connectivity index (χ1v) is 8.92. The normalized spacial score (nSPS) is 26.7. The van der Waals surface area contributed by atoms with E-state index in [0.717, 1.165) is 21.8 Å². The van der Waals surface area contributed by atoms with Gasteiger partial charge in [-0.1, -0.05) is 53.4 Å². The van der Waals surface area contributed by atoms with Crippen LogP contribution in [0.1, 0.15) is 44.6 Å². The lowest BCUT2D eigenvalue weighted by atomic mass is 9.74. The molecule has 2 rings (SSSR count). The second kappa shape index (κ2) is 7.82. The molecule has 0 saturated heterocycles. The highest BCUT2D eigenvalue weighted by Gasteiger charge is 2.29. The summed E-state index contributed by atoms with van der Waals surface area (Å²) in [7, 11) is 2.10. The van der Waals surface area contributed by atoms with Gasteiger partial charge < -0.3 is 5.32 Å². The topological polar surface area (TPSA) is 12.0 Å². The molecule has 0 bridgehead atoms. The van der Waals surface area contributed by atoms with Crippen molar-refractivity contribution < 1.29 is 0 Å². The minimum Gasteiger partial charge on any atom is -0.317 e. The molecule has 1 fully saturated rings. The van der Waals surface area contributed by atoms with E-state index < -0.39 is 0 Å². The van der Waals surface area contributed by atoms with Gasteiger partial charge in [0.05, 0.1) is 0 Å². The molecule has 3 atom stereocenters. The van der Waals surface area contributed by atoms with E-state index in [1.54, 1.807) is 0 Å². The van der Waals surface area contributed by atoms with E-state index in [2.05, 4.69) is 47.4 Å². The third kappa shape index (κ3) is 4.22. The van der Waals surface area contributed by atoms with Crippen molar-refractivity contribution in [2.45, 2.75) is 51.5 Å². The van der Waals surface area contributed by atoms with Crippen molar-refractivity contribution in [3.05, 3.63) is 33.3 Å². The van der Waals surface area contributed by atoms with E-state index in [4.69, 9.17) is 11.6 Å². The van der Waals surface area contributed by atoms with Gasteiger partial charge in [-0.15, -0.1) is 0 Å². The van der Waals surface area contributed by atoms with Crippen LogP contribution in [0.25, 0.3) is 0 Å². The molecule has 3 heteroatoms. The maximum atomic E-state index is 6.39. The highest BCUT2D eigenvalue weighted by Crippen LogP contribution is 2.35. The molecule has 1 N–H and O–H groups in total. The third-order valence-corrected chi connectivity index (χ3v) is 5.50. The second-order valence-corrected chi connectivity index (χ2v) is 7.39. The molecular formula is C17H25BrClN. The SMILES string of the molecule is CCCC1CCC(NC)C(Cc2ccc(Br)cc2Cl)C1. The lowest BCUT2D eigenvalue weighted by Gasteiger charge is -2.36. The van der Waals surface area contributed by atoms with Crippen LogP contribution in [0.2, 0.25) is 5.02 Å². The summed E-state index contributed by atoms with van der Waals surface area (Å²) in [5.41, 5.74) is 1.29. The number of hydrogen-bond acceptors (Lipinski definition) is 1. The van der Waals surface area contributed by atoms with Crippen LogP contribution >= 0.6 is 27.5 Å². The van der Waals surface area contributed by atoms with Gasteiger partial charge in [0.15, 0.2) is 0 Å². The Kier molecular flexibility index (Phi) is 6.38. The van der Waals surface area contributed by atoms with Crippen LogP contribution in [0.15, 0.2) is 22.7 Å².